The minimum Gasteiger partial charge on any atom is -0.468 e. The summed E-state index contributed by atoms with van der Waals surface area (Å²) < 4.78 is 32.8. The van der Waals surface area contributed by atoms with Crippen molar-refractivity contribution in [3.05, 3.63) is 0 Å². The second-order valence-corrected chi connectivity index (χ2v) is 3.64. The third-order valence-electron chi connectivity index (χ3n) is 2.40. The fraction of sp³-hybridized carbons (Fsp3) is 0.900. The van der Waals surface area contributed by atoms with Gasteiger partial charge in [0.2, 0.25) is 0 Å². The van der Waals surface area contributed by atoms with Crippen LogP contribution < -0.4 is 5.32 Å². The number of carbonyl (C=O) groups excluding carboxylic acids is 1. The summed E-state index contributed by atoms with van der Waals surface area (Å²) >= 11 is 0. The van der Waals surface area contributed by atoms with Crippen molar-refractivity contribution >= 4 is 5.97 Å². The van der Waals surface area contributed by atoms with Gasteiger partial charge in [-0.05, 0) is 26.8 Å². The van der Waals surface area contributed by atoms with E-state index in [1.807, 2.05) is 0 Å². The quantitative estimate of drug-likeness (QED) is 0.510. The van der Waals surface area contributed by atoms with E-state index < -0.39 is 18.6 Å². The Hall–Kier alpha value is -0.750. The molecule has 4 nitrogen and oxygen atoms in total. The molecule has 0 radical (unpaired) electrons. The number of methoxy groups -OCH3 is 1. The van der Waals surface area contributed by atoms with Gasteiger partial charge < -0.3 is 14.8 Å². The zero-order valence-electron chi connectivity index (χ0n) is 9.89. The topological polar surface area (TPSA) is 47.6 Å². The van der Waals surface area contributed by atoms with E-state index in [4.69, 9.17) is 4.74 Å². The lowest BCUT2D eigenvalue weighted by Gasteiger charge is -2.25. The molecule has 0 saturated heterocycles. The lowest BCUT2D eigenvalue weighted by molar-refractivity contribution is -0.148. The highest BCUT2D eigenvalue weighted by Crippen LogP contribution is 2.13. The van der Waals surface area contributed by atoms with Gasteiger partial charge in [0, 0.05) is 6.61 Å². The Bertz CT molecular complexity index is 214. The van der Waals surface area contributed by atoms with Crippen molar-refractivity contribution in [2.75, 3.05) is 27.4 Å². The molecule has 1 unspecified atom stereocenters. The Balaban J connectivity index is 3.83. The van der Waals surface area contributed by atoms with E-state index in [1.165, 1.54) is 7.11 Å². The standard InChI is InChI=1S/C10H19F2NO3/c1-10(13-2,9(14)15-3)5-4-6-16-7-8(11)12/h8,13H,4-7H2,1-3H3. The first-order valence-electron chi connectivity index (χ1n) is 5.09. The minimum atomic E-state index is -2.45. The molecule has 0 spiro atoms. The van der Waals surface area contributed by atoms with Gasteiger partial charge in [-0.15, -0.1) is 0 Å². The van der Waals surface area contributed by atoms with Crippen LogP contribution >= 0.6 is 0 Å². The maximum atomic E-state index is 11.7. The third-order valence-corrected chi connectivity index (χ3v) is 2.40. The SMILES string of the molecule is CNC(C)(CCCOCC(F)F)C(=O)OC. The number of rotatable bonds is 8. The summed E-state index contributed by atoms with van der Waals surface area (Å²) in [6.45, 7) is 1.35. The maximum absolute atomic E-state index is 11.7. The Morgan fingerprint density at radius 1 is 1.50 bits per heavy atom. The van der Waals surface area contributed by atoms with Gasteiger partial charge in [0.05, 0.1) is 7.11 Å². The van der Waals surface area contributed by atoms with E-state index in [1.54, 1.807) is 14.0 Å². The van der Waals surface area contributed by atoms with Crippen LogP contribution in [0, 0.1) is 0 Å². The first-order valence-corrected chi connectivity index (χ1v) is 5.09. The molecule has 6 heteroatoms. The average Bonchev–Trinajstić information content (AvgIpc) is 2.26. The molecule has 1 N–H and O–H groups in total. The van der Waals surface area contributed by atoms with Crippen molar-refractivity contribution in [2.45, 2.75) is 31.7 Å². The highest BCUT2D eigenvalue weighted by molar-refractivity contribution is 5.80. The molecular formula is C10H19F2NO3. The molecule has 1 atom stereocenters. The molecule has 0 aliphatic carbocycles. The van der Waals surface area contributed by atoms with Crippen molar-refractivity contribution in [1.29, 1.82) is 0 Å². The van der Waals surface area contributed by atoms with Crippen LogP contribution in [0.3, 0.4) is 0 Å². The summed E-state index contributed by atoms with van der Waals surface area (Å²) in [6, 6.07) is 0. The molecule has 0 rings (SSSR count). The van der Waals surface area contributed by atoms with E-state index >= 15 is 0 Å². The van der Waals surface area contributed by atoms with Gasteiger partial charge in [0.15, 0.2) is 0 Å². The highest BCUT2D eigenvalue weighted by Gasteiger charge is 2.31. The van der Waals surface area contributed by atoms with E-state index in [9.17, 15) is 13.6 Å². The van der Waals surface area contributed by atoms with Crippen LogP contribution in [0.4, 0.5) is 8.78 Å². The van der Waals surface area contributed by atoms with Gasteiger partial charge in [-0.3, -0.25) is 4.79 Å². The molecule has 0 aromatic carbocycles. The van der Waals surface area contributed by atoms with Crippen LogP contribution in [0.25, 0.3) is 0 Å². The van der Waals surface area contributed by atoms with Crippen LogP contribution in [0.15, 0.2) is 0 Å². The predicted octanol–water partition coefficient (Wildman–Crippen LogP) is 1.20. The van der Waals surface area contributed by atoms with Crippen molar-refractivity contribution in [2.24, 2.45) is 0 Å². The zero-order valence-corrected chi connectivity index (χ0v) is 9.89. The van der Waals surface area contributed by atoms with Gasteiger partial charge in [0.25, 0.3) is 6.43 Å². The monoisotopic (exact) mass is 239 g/mol. The Morgan fingerprint density at radius 2 is 2.12 bits per heavy atom. The zero-order chi connectivity index (χ0) is 12.6. The maximum Gasteiger partial charge on any atom is 0.325 e. The van der Waals surface area contributed by atoms with Crippen LogP contribution in [0.1, 0.15) is 19.8 Å². The summed E-state index contributed by atoms with van der Waals surface area (Å²) in [5, 5.41) is 2.85. The molecule has 0 aromatic heterocycles. The first-order chi connectivity index (χ1) is 7.46. The molecule has 16 heavy (non-hydrogen) atoms. The van der Waals surface area contributed by atoms with E-state index in [0.29, 0.717) is 12.8 Å². The van der Waals surface area contributed by atoms with Crippen LogP contribution in [-0.4, -0.2) is 45.3 Å². The molecule has 0 saturated carbocycles. The van der Waals surface area contributed by atoms with Crippen molar-refractivity contribution in [3.63, 3.8) is 0 Å². The number of nitrogens with one attached hydrogen (secondary N) is 1. The Labute approximate surface area is 94.3 Å². The van der Waals surface area contributed by atoms with Gasteiger partial charge >= 0.3 is 5.97 Å². The molecule has 0 aliphatic rings. The number of hydrogen-bond donors (Lipinski definition) is 1. The normalized spacial score (nSPS) is 14.9. The van der Waals surface area contributed by atoms with E-state index in [2.05, 4.69) is 10.1 Å². The fourth-order valence-electron chi connectivity index (χ4n) is 1.25. The molecule has 0 aromatic rings. The van der Waals surface area contributed by atoms with E-state index in [0.717, 1.165) is 0 Å². The number of likely N-dealkylation sites (N-methyl/N-ethyl adjacent to an activating group) is 1. The molecular weight excluding hydrogens is 220 g/mol. The van der Waals surface area contributed by atoms with Crippen molar-refractivity contribution < 1.29 is 23.0 Å². The van der Waals surface area contributed by atoms with Gasteiger partial charge in [-0.1, -0.05) is 0 Å². The largest absolute Gasteiger partial charge is 0.468 e. The number of halogens is 2. The van der Waals surface area contributed by atoms with Gasteiger partial charge in [-0.2, -0.15) is 0 Å². The van der Waals surface area contributed by atoms with Crippen LogP contribution in [0.5, 0.6) is 0 Å². The molecule has 0 aliphatic heterocycles. The van der Waals surface area contributed by atoms with Crippen LogP contribution in [0.2, 0.25) is 0 Å². The average molecular weight is 239 g/mol. The van der Waals surface area contributed by atoms with E-state index in [-0.39, 0.29) is 12.6 Å². The smallest absolute Gasteiger partial charge is 0.325 e. The third kappa shape index (κ3) is 5.37. The summed E-state index contributed by atoms with van der Waals surface area (Å²) in [4.78, 5) is 11.4. The lowest BCUT2D eigenvalue weighted by atomic mass is 9.96. The van der Waals surface area contributed by atoms with Gasteiger partial charge in [0.1, 0.15) is 12.1 Å². The number of carbonyl (C=O) groups is 1. The predicted molar refractivity (Wildman–Crippen MR) is 55.5 cm³/mol. The number of ether oxygens (including phenoxy) is 2. The van der Waals surface area contributed by atoms with Crippen LogP contribution in [-0.2, 0) is 14.3 Å². The summed E-state index contributed by atoms with van der Waals surface area (Å²) in [6.07, 6.45) is -1.46. The molecule has 0 fully saturated rings. The summed E-state index contributed by atoms with van der Waals surface area (Å²) in [7, 11) is 2.96. The first kappa shape index (κ1) is 15.2. The number of esters is 1. The van der Waals surface area contributed by atoms with Crippen molar-refractivity contribution in [3.8, 4) is 0 Å². The lowest BCUT2D eigenvalue weighted by Crippen LogP contribution is -2.48. The molecule has 0 amide bonds. The fourth-order valence-corrected chi connectivity index (χ4v) is 1.25. The Morgan fingerprint density at radius 3 is 2.56 bits per heavy atom. The number of hydrogen-bond acceptors (Lipinski definition) is 4. The van der Waals surface area contributed by atoms with Gasteiger partial charge in [-0.25, -0.2) is 8.78 Å². The molecule has 0 bridgehead atoms. The number of alkyl halides is 2. The van der Waals surface area contributed by atoms with Crippen molar-refractivity contribution in [1.82, 2.24) is 5.32 Å². The molecule has 0 heterocycles. The second-order valence-electron chi connectivity index (χ2n) is 3.64. The summed E-state index contributed by atoms with van der Waals surface area (Å²) in [5.41, 5.74) is -0.789. The minimum absolute atomic E-state index is 0.207. The summed E-state index contributed by atoms with van der Waals surface area (Å²) in [5.74, 6) is -0.371. The highest BCUT2D eigenvalue weighted by atomic mass is 19.3. The molecule has 96 valence electrons. The Kier molecular flexibility index (Phi) is 7.16. The second kappa shape index (κ2) is 7.51.